The first-order valence-corrected chi connectivity index (χ1v) is 8.08. The van der Waals surface area contributed by atoms with Gasteiger partial charge in [-0.05, 0) is 32.7 Å². The van der Waals surface area contributed by atoms with Crippen molar-refractivity contribution in [3.63, 3.8) is 0 Å². The Labute approximate surface area is 103 Å². The maximum absolute atomic E-state index is 12.5. The molecule has 0 amide bonds. The molecule has 0 saturated heterocycles. The lowest BCUT2D eigenvalue weighted by atomic mass is 10.1. The minimum atomic E-state index is -0.627. The van der Waals surface area contributed by atoms with Gasteiger partial charge in [-0.2, -0.15) is 0 Å². The van der Waals surface area contributed by atoms with Crippen LogP contribution in [0.5, 0.6) is 0 Å². The second-order valence-electron chi connectivity index (χ2n) is 4.87. The molecule has 0 heterocycles. The van der Waals surface area contributed by atoms with Crippen LogP contribution in [-0.4, -0.2) is 27.8 Å². The summed E-state index contributed by atoms with van der Waals surface area (Å²) in [7, 11) is 1.38. The van der Waals surface area contributed by atoms with Crippen molar-refractivity contribution in [3.8, 4) is 0 Å². The van der Waals surface area contributed by atoms with Crippen LogP contribution in [0.4, 0.5) is 0 Å². The molecular weight excluding hydrogens is 218 g/mol. The molecule has 0 aromatic rings. The van der Waals surface area contributed by atoms with Crippen LogP contribution in [0.15, 0.2) is 0 Å². The molecule has 16 heavy (non-hydrogen) atoms. The fourth-order valence-electron chi connectivity index (χ4n) is 2.81. The van der Waals surface area contributed by atoms with E-state index in [9.17, 15) is 4.21 Å². The second kappa shape index (κ2) is 7.44. The summed E-state index contributed by atoms with van der Waals surface area (Å²) < 4.78 is 12.5. The zero-order chi connectivity index (χ0) is 12.0. The van der Waals surface area contributed by atoms with Crippen LogP contribution in [0.2, 0.25) is 0 Å². The van der Waals surface area contributed by atoms with E-state index in [-0.39, 0.29) is 0 Å². The molecule has 1 fully saturated rings. The van der Waals surface area contributed by atoms with E-state index in [2.05, 4.69) is 19.2 Å². The van der Waals surface area contributed by atoms with Crippen LogP contribution in [0, 0.1) is 0 Å². The third-order valence-corrected chi connectivity index (χ3v) is 6.14. The first-order valence-electron chi connectivity index (χ1n) is 6.81. The van der Waals surface area contributed by atoms with Crippen LogP contribution in [0.1, 0.15) is 58.8 Å². The van der Waals surface area contributed by atoms with E-state index in [1.165, 1.54) is 32.1 Å². The largest absolute Gasteiger partial charge is 0.316 e. The predicted molar refractivity (Wildman–Crippen MR) is 72.2 cm³/mol. The van der Waals surface area contributed by atoms with Crippen LogP contribution in [0.25, 0.3) is 0 Å². The van der Waals surface area contributed by atoms with Crippen molar-refractivity contribution in [1.29, 1.82) is 0 Å². The molecular formula is C13H27NOS. The summed E-state index contributed by atoms with van der Waals surface area (Å²) >= 11 is 0. The summed E-state index contributed by atoms with van der Waals surface area (Å²) in [5, 5.41) is 4.20. The Balaban J connectivity index is 2.59. The molecule has 1 aliphatic carbocycles. The quantitative estimate of drug-likeness (QED) is 0.747. The molecule has 96 valence electrons. The molecule has 1 aliphatic rings. The Morgan fingerprint density at radius 3 is 2.38 bits per heavy atom. The van der Waals surface area contributed by atoms with Crippen molar-refractivity contribution < 1.29 is 4.21 Å². The van der Waals surface area contributed by atoms with E-state index in [4.69, 9.17) is 0 Å². The van der Waals surface area contributed by atoms with Gasteiger partial charge < -0.3 is 5.32 Å². The first-order chi connectivity index (χ1) is 7.74. The highest BCUT2D eigenvalue weighted by Gasteiger charge is 2.30. The summed E-state index contributed by atoms with van der Waals surface area (Å²) in [6, 6.07) is 0.441. The van der Waals surface area contributed by atoms with Crippen molar-refractivity contribution in [2.75, 3.05) is 7.05 Å². The maximum atomic E-state index is 12.5. The van der Waals surface area contributed by atoms with Crippen molar-refractivity contribution in [1.82, 2.24) is 5.32 Å². The molecule has 0 aromatic heterocycles. The van der Waals surface area contributed by atoms with Gasteiger partial charge in [0.2, 0.25) is 0 Å². The SMILES string of the molecule is CCCC(NC)C(CC)S(=O)C1CCCC1. The smallest absolute Gasteiger partial charge is 0.0501 e. The minimum Gasteiger partial charge on any atom is -0.316 e. The van der Waals surface area contributed by atoms with Crippen LogP contribution < -0.4 is 5.32 Å². The molecule has 1 N–H and O–H groups in total. The normalized spacial score (nSPS) is 23.2. The highest BCUT2D eigenvalue weighted by molar-refractivity contribution is 7.86. The van der Waals surface area contributed by atoms with E-state index in [0.717, 1.165) is 12.8 Å². The first kappa shape index (κ1) is 14.2. The average Bonchev–Trinajstić information content (AvgIpc) is 2.82. The molecule has 0 bridgehead atoms. The molecule has 3 unspecified atom stereocenters. The van der Waals surface area contributed by atoms with Crippen molar-refractivity contribution in [3.05, 3.63) is 0 Å². The molecule has 0 radical (unpaired) electrons. The monoisotopic (exact) mass is 245 g/mol. The summed E-state index contributed by atoms with van der Waals surface area (Å²) in [5.74, 6) is 0. The second-order valence-corrected chi connectivity index (χ2v) is 6.79. The third kappa shape index (κ3) is 3.56. The standard InChI is InChI=1S/C13H27NOS/c1-4-8-12(14-3)13(5-2)16(15)11-9-6-7-10-11/h11-14H,4-10H2,1-3H3. The topological polar surface area (TPSA) is 29.1 Å². The van der Waals surface area contributed by atoms with Gasteiger partial charge in [0.05, 0.1) is 5.25 Å². The van der Waals surface area contributed by atoms with Gasteiger partial charge >= 0.3 is 0 Å². The van der Waals surface area contributed by atoms with Gasteiger partial charge in [-0.15, -0.1) is 0 Å². The zero-order valence-corrected chi connectivity index (χ0v) is 11.8. The Hall–Kier alpha value is 0.110. The van der Waals surface area contributed by atoms with E-state index in [0.29, 0.717) is 16.5 Å². The van der Waals surface area contributed by atoms with E-state index >= 15 is 0 Å². The van der Waals surface area contributed by atoms with Gasteiger partial charge in [0.25, 0.3) is 0 Å². The number of hydrogen-bond donors (Lipinski definition) is 1. The molecule has 3 atom stereocenters. The van der Waals surface area contributed by atoms with Gasteiger partial charge in [-0.25, -0.2) is 0 Å². The molecule has 3 heteroatoms. The van der Waals surface area contributed by atoms with Gasteiger partial charge in [0.15, 0.2) is 0 Å². The van der Waals surface area contributed by atoms with Gasteiger partial charge in [-0.1, -0.05) is 33.1 Å². The molecule has 0 aliphatic heterocycles. The Bertz CT molecular complexity index is 214. The zero-order valence-electron chi connectivity index (χ0n) is 11.0. The fraction of sp³-hybridized carbons (Fsp3) is 1.00. The van der Waals surface area contributed by atoms with E-state index in [1.54, 1.807) is 0 Å². The van der Waals surface area contributed by atoms with Crippen molar-refractivity contribution in [2.45, 2.75) is 75.3 Å². The average molecular weight is 245 g/mol. The lowest BCUT2D eigenvalue weighted by Gasteiger charge is -2.27. The Kier molecular flexibility index (Phi) is 6.59. The lowest BCUT2D eigenvalue weighted by Crippen LogP contribution is -2.42. The van der Waals surface area contributed by atoms with E-state index in [1.807, 2.05) is 7.05 Å². The molecule has 0 aromatic carbocycles. The summed E-state index contributed by atoms with van der Waals surface area (Å²) in [6.45, 7) is 4.38. The lowest BCUT2D eigenvalue weighted by molar-refractivity contribution is 0.478. The maximum Gasteiger partial charge on any atom is 0.0501 e. The van der Waals surface area contributed by atoms with Crippen LogP contribution in [-0.2, 0) is 10.8 Å². The third-order valence-electron chi connectivity index (χ3n) is 3.75. The summed E-state index contributed by atoms with van der Waals surface area (Å²) in [4.78, 5) is 0. The summed E-state index contributed by atoms with van der Waals surface area (Å²) in [6.07, 6.45) is 8.29. The minimum absolute atomic E-state index is 0.355. The number of nitrogens with one attached hydrogen (secondary N) is 1. The highest BCUT2D eigenvalue weighted by Crippen LogP contribution is 2.27. The molecule has 2 nitrogen and oxygen atoms in total. The van der Waals surface area contributed by atoms with Crippen LogP contribution >= 0.6 is 0 Å². The molecule has 0 spiro atoms. The fourth-order valence-corrected chi connectivity index (χ4v) is 5.02. The number of rotatable bonds is 7. The molecule has 1 rings (SSSR count). The summed E-state index contributed by atoms with van der Waals surface area (Å²) in [5.41, 5.74) is 0. The van der Waals surface area contributed by atoms with Crippen molar-refractivity contribution >= 4 is 10.8 Å². The van der Waals surface area contributed by atoms with Crippen LogP contribution in [0.3, 0.4) is 0 Å². The Morgan fingerprint density at radius 1 is 1.31 bits per heavy atom. The predicted octanol–water partition coefficient (Wildman–Crippen LogP) is 2.84. The highest BCUT2D eigenvalue weighted by atomic mass is 32.2. The number of hydrogen-bond acceptors (Lipinski definition) is 2. The van der Waals surface area contributed by atoms with Gasteiger partial charge in [-0.3, -0.25) is 4.21 Å². The van der Waals surface area contributed by atoms with E-state index < -0.39 is 10.8 Å². The van der Waals surface area contributed by atoms with Gasteiger partial charge in [0.1, 0.15) is 0 Å². The van der Waals surface area contributed by atoms with Crippen molar-refractivity contribution in [2.24, 2.45) is 0 Å². The molecule has 1 saturated carbocycles. The van der Waals surface area contributed by atoms with Gasteiger partial charge in [0, 0.05) is 22.1 Å². The Morgan fingerprint density at radius 2 is 1.94 bits per heavy atom.